The monoisotopic (exact) mass is 188 g/mol. The van der Waals surface area contributed by atoms with Crippen LogP contribution in [0.25, 0.3) is 10.8 Å². The number of hydrogen-bond acceptors (Lipinski definition) is 1. The zero-order chi connectivity index (χ0) is 9.26. The molecule has 66 valence electrons. The molecule has 0 aliphatic heterocycles. The minimum Gasteiger partial charge on any atom is -0.433 e. The van der Waals surface area contributed by atoms with Gasteiger partial charge in [-0.25, -0.2) is 0 Å². The highest BCUT2D eigenvalue weighted by atomic mass is 28.2. The second-order valence-corrected chi connectivity index (χ2v) is 4.26. The van der Waals surface area contributed by atoms with Gasteiger partial charge in [0.15, 0.2) is 9.76 Å². The van der Waals surface area contributed by atoms with Crippen LogP contribution in [0.15, 0.2) is 36.4 Å². The molecule has 2 rings (SSSR count). The maximum atomic E-state index is 9.36. The standard InChI is InChI=1S/C11H12OSi/c1-8-6-7-9-4-2-3-5-10(9)11(8)13-12/h2-7,12H,13H2,1H3. The Bertz CT molecular complexity index is 437. The third-order valence-corrected chi connectivity index (χ3v) is 3.69. The van der Waals surface area contributed by atoms with Crippen LogP contribution >= 0.6 is 0 Å². The van der Waals surface area contributed by atoms with E-state index in [1.54, 1.807) is 0 Å². The fraction of sp³-hybridized carbons (Fsp3) is 0.0909. The molecule has 0 heterocycles. The molecule has 0 amide bonds. The van der Waals surface area contributed by atoms with E-state index in [1.165, 1.54) is 21.5 Å². The van der Waals surface area contributed by atoms with Crippen LogP contribution in [-0.4, -0.2) is 14.6 Å². The number of benzene rings is 2. The average Bonchev–Trinajstić information content (AvgIpc) is 2.18. The lowest BCUT2D eigenvalue weighted by molar-refractivity contribution is 0.615. The predicted octanol–water partition coefficient (Wildman–Crippen LogP) is 0.850. The molecule has 0 fully saturated rings. The lowest BCUT2D eigenvalue weighted by Gasteiger charge is -2.06. The molecule has 0 aliphatic carbocycles. The Morgan fingerprint density at radius 3 is 2.62 bits per heavy atom. The van der Waals surface area contributed by atoms with Crippen molar-refractivity contribution in [3.8, 4) is 0 Å². The minimum atomic E-state index is -1.06. The van der Waals surface area contributed by atoms with Gasteiger partial charge in [-0.15, -0.1) is 0 Å². The Morgan fingerprint density at radius 2 is 1.85 bits per heavy atom. The first-order valence-electron chi connectivity index (χ1n) is 4.41. The topological polar surface area (TPSA) is 20.2 Å². The number of rotatable bonds is 1. The van der Waals surface area contributed by atoms with Crippen molar-refractivity contribution in [3.05, 3.63) is 42.0 Å². The van der Waals surface area contributed by atoms with Crippen molar-refractivity contribution in [3.63, 3.8) is 0 Å². The molecule has 2 aromatic rings. The third kappa shape index (κ3) is 1.38. The van der Waals surface area contributed by atoms with Gasteiger partial charge in [0.1, 0.15) is 0 Å². The van der Waals surface area contributed by atoms with Crippen LogP contribution in [0.5, 0.6) is 0 Å². The lowest BCUT2D eigenvalue weighted by atomic mass is 10.1. The SMILES string of the molecule is Cc1ccc2ccccc2c1[SiH2]O. The molecular formula is C11H12OSi. The summed E-state index contributed by atoms with van der Waals surface area (Å²) in [5, 5.41) is 3.62. The summed E-state index contributed by atoms with van der Waals surface area (Å²) < 4.78 is 0. The summed E-state index contributed by atoms with van der Waals surface area (Å²) in [4.78, 5) is 9.36. The molecule has 0 aromatic heterocycles. The zero-order valence-electron chi connectivity index (χ0n) is 7.62. The number of hydrogen-bond donors (Lipinski definition) is 1. The van der Waals surface area contributed by atoms with Crippen molar-refractivity contribution in [1.29, 1.82) is 0 Å². The maximum absolute atomic E-state index is 9.36. The maximum Gasteiger partial charge on any atom is 0.188 e. The van der Waals surface area contributed by atoms with E-state index >= 15 is 0 Å². The summed E-state index contributed by atoms with van der Waals surface area (Å²) in [7, 11) is -1.06. The van der Waals surface area contributed by atoms with Gasteiger partial charge in [0.2, 0.25) is 0 Å². The molecule has 0 saturated heterocycles. The van der Waals surface area contributed by atoms with E-state index in [4.69, 9.17) is 0 Å². The lowest BCUT2D eigenvalue weighted by Crippen LogP contribution is -2.17. The number of fused-ring (bicyclic) bond motifs is 1. The summed E-state index contributed by atoms with van der Waals surface area (Å²) in [6.07, 6.45) is 0. The van der Waals surface area contributed by atoms with Crippen LogP contribution < -0.4 is 5.19 Å². The van der Waals surface area contributed by atoms with Gasteiger partial charge in [-0.1, -0.05) is 36.4 Å². The quantitative estimate of drug-likeness (QED) is 0.658. The molecule has 2 aromatic carbocycles. The molecule has 0 aliphatic rings. The first-order valence-corrected chi connectivity index (χ1v) is 5.75. The van der Waals surface area contributed by atoms with Gasteiger partial charge in [-0.2, -0.15) is 0 Å². The van der Waals surface area contributed by atoms with Crippen molar-refractivity contribution in [2.75, 3.05) is 0 Å². The fourth-order valence-electron chi connectivity index (χ4n) is 1.65. The summed E-state index contributed by atoms with van der Waals surface area (Å²) in [6.45, 7) is 2.06. The van der Waals surface area contributed by atoms with E-state index in [-0.39, 0.29) is 0 Å². The zero-order valence-corrected chi connectivity index (χ0v) is 9.03. The van der Waals surface area contributed by atoms with Crippen molar-refractivity contribution >= 4 is 25.7 Å². The van der Waals surface area contributed by atoms with Gasteiger partial charge in [-0.05, 0) is 28.4 Å². The smallest absolute Gasteiger partial charge is 0.188 e. The Hall–Kier alpha value is -1.12. The van der Waals surface area contributed by atoms with Gasteiger partial charge < -0.3 is 4.80 Å². The molecule has 13 heavy (non-hydrogen) atoms. The van der Waals surface area contributed by atoms with E-state index in [1.807, 2.05) is 12.1 Å². The third-order valence-electron chi connectivity index (χ3n) is 2.43. The Balaban J connectivity index is 2.84. The largest absolute Gasteiger partial charge is 0.433 e. The summed E-state index contributed by atoms with van der Waals surface area (Å²) >= 11 is 0. The highest BCUT2D eigenvalue weighted by Crippen LogP contribution is 2.12. The van der Waals surface area contributed by atoms with Gasteiger partial charge in [0.05, 0.1) is 0 Å². The van der Waals surface area contributed by atoms with E-state index < -0.39 is 9.76 Å². The van der Waals surface area contributed by atoms with E-state index in [9.17, 15) is 4.80 Å². The van der Waals surface area contributed by atoms with Gasteiger partial charge in [0, 0.05) is 0 Å². The highest BCUT2D eigenvalue weighted by molar-refractivity contribution is 6.50. The van der Waals surface area contributed by atoms with Gasteiger partial charge in [-0.3, -0.25) is 0 Å². The summed E-state index contributed by atoms with van der Waals surface area (Å²) in [5.74, 6) is 0. The van der Waals surface area contributed by atoms with Crippen molar-refractivity contribution in [2.24, 2.45) is 0 Å². The van der Waals surface area contributed by atoms with Crippen LogP contribution in [0.1, 0.15) is 5.56 Å². The Kier molecular flexibility index (Phi) is 2.16. The minimum absolute atomic E-state index is 1.06. The molecule has 0 saturated carbocycles. The molecule has 1 nitrogen and oxygen atoms in total. The molecule has 0 radical (unpaired) electrons. The van der Waals surface area contributed by atoms with Crippen molar-refractivity contribution in [1.82, 2.24) is 0 Å². The van der Waals surface area contributed by atoms with Crippen LogP contribution in [0.3, 0.4) is 0 Å². The highest BCUT2D eigenvalue weighted by Gasteiger charge is 2.02. The average molecular weight is 188 g/mol. The molecular weight excluding hydrogens is 176 g/mol. The first-order chi connectivity index (χ1) is 6.33. The Morgan fingerprint density at radius 1 is 1.08 bits per heavy atom. The normalized spacial score (nSPS) is 11.5. The van der Waals surface area contributed by atoms with Gasteiger partial charge >= 0.3 is 0 Å². The molecule has 1 N–H and O–H groups in total. The van der Waals surface area contributed by atoms with Gasteiger partial charge in [0.25, 0.3) is 0 Å². The van der Waals surface area contributed by atoms with Crippen LogP contribution in [0, 0.1) is 6.92 Å². The number of aryl methyl sites for hydroxylation is 1. The van der Waals surface area contributed by atoms with Crippen molar-refractivity contribution < 1.29 is 4.80 Å². The van der Waals surface area contributed by atoms with Crippen LogP contribution in [0.2, 0.25) is 0 Å². The molecule has 0 bridgehead atoms. The Labute approximate surface area is 80.0 Å². The van der Waals surface area contributed by atoms with E-state index in [0.717, 1.165) is 0 Å². The van der Waals surface area contributed by atoms with Crippen LogP contribution in [-0.2, 0) is 0 Å². The predicted molar refractivity (Wildman–Crippen MR) is 59.1 cm³/mol. The molecule has 0 spiro atoms. The molecule has 0 unspecified atom stereocenters. The van der Waals surface area contributed by atoms with E-state index in [2.05, 4.69) is 31.2 Å². The van der Waals surface area contributed by atoms with Crippen LogP contribution in [0.4, 0.5) is 0 Å². The second-order valence-electron chi connectivity index (χ2n) is 3.24. The molecule has 2 heteroatoms. The van der Waals surface area contributed by atoms with Crippen molar-refractivity contribution in [2.45, 2.75) is 6.92 Å². The summed E-state index contributed by atoms with van der Waals surface area (Å²) in [6, 6.07) is 12.4. The summed E-state index contributed by atoms with van der Waals surface area (Å²) in [5.41, 5.74) is 1.22. The fourth-order valence-corrected chi connectivity index (χ4v) is 2.51. The first kappa shape index (κ1) is 8.47. The second kappa shape index (κ2) is 3.32. The van der Waals surface area contributed by atoms with E-state index in [0.29, 0.717) is 0 Å². The molecule has 0 atom stereocenters.